The number of anilines is 1. The summed E-state index contributed by atoms with van der Waals surface area (Å²) >= 11 is 0. The third-order valence-electron chi connectivity index (χ3n) is 5.10. The van der Waals surface area contributed by atoms with Gasteiger partial charge in [0.2, 0.25) is 0 Å². The van der Waals surface area contributed by atoms with Crippen molar-refractivity contribution < 1.29 is 8.78 Å². The van der Waals surface area contributed by atoms with E-state index in [0.717, 1.165) is 44.5 Å². The van der Waals surface area contributed by atoms with Gasteiger partial charge >= 0.3 is 0 Å². The Morgan fingerprint density at radius 3 is 2.85 bits per heavy atom. The molecule has 1 heterocycles. The lowest BCUT2D eigenvalue weighted by Gasteiger charge is -2.24. The molecule has 0 bridgehead atoms. The Balaban J connectivity index is 1.81. The van der Waals surface area contributed by atoms with E-state index in [1.54, 1.807) is 7.05 Å². The lowest BCUT2D eigenvalue weighted by Crippen LogP contribution is -2.47. The Bertz CT molecular complexity index is 608. The molecule has 2 N–H and O–H groups in total. The minimum absolute atomic E-state index is 0.179. The fourth-order valence-electron chi connectivity index (χ4n) is 3.11. The zero-order chi connectivity index (χ0) is 19.1. The van der Waals surface area contributed by atoms with E-state index in [1.807, 2.05) is 4.90 Å². The number of likely N-dealkylation sites (N-methyl/N-ethyl adjacent to an activating group) is 1. The molecule has 1 saturated heterocycles. The van der Waals surface area contributed by atoms with Crippen LogP contribution in [0.1, 0.15) is 26.7 Å². The van der Waals surface area contributed by atoms with Crippen molar-refractivity contribution in [3.63, 3.8) is 0 Å². The summed E-state index contributed by atoms with van der Waals surface area (Å²) in [5.41, 5.74) is 0.453. The smallest absolute Gasteiger partial charge is 0.191 e. The molecule has 2 atom stereocenters. The summed E-state index contributed by atoms with van der Waals surface area (Å²) < 4.78 is 27.0. The molecule has 2 unspecified atom stereocenters. The highest BCUT2D eigenvalue weighted by Gasteiger charge is 2.25. The molecular weight excluding hydrogens is 336 g/mol. The summed E-state index contributed by atoms with van der Waals surface area (Å²) in [5, 5.41) is 6.73. The number of guanidine groups is 1. The molecule has 26 heavy (non-hydrogen) atoms. The number of hydrogen-bond acceptors (Lipinski definition) is 3. The monoisotopic (exact) mass is 367 g/mol. The number of nitrogens with zero attached hydrogens (tertiary/aromatic N) is 3. The van der Waals surface area contributed by atoms with Crippen LogP contribution in [0.4, 0.5) is 14.5 Å². The topological polar surface area (TPSA) is 42.9 Å². The zero-order valence-corrected chi connectivity index (χ0v) is 16.2. The van der Waals surface area contributed by atoms with Gasteiger partial charge in [-0.25, -0.2) is 8.78 Å². The van der Waals surface area contributed by atoms with E-state index in [0.29, 0.717) is 18.3 Å². The average molecular weight is 367 g/mol. The van der Waals surface area contributed by atoms with Crippen LogP contribution < -0.4 is 15.5 Å². The number of nitrogens with one attached hydrogen (secondary N) is 2. The van der Waals surface area contributed by atoms with Gasteiger partial charge in [0.1, 0.15) is 11.6 Å². The molecule has 0 radical (unpaired) electrons. The Labute approximate surface area is 155 Å². The summed E-state index contributed by atoms with van der Waals surface area (Å²) in [6.45, 7) is 7.54. The van der Waals surface area contributed by atoms with Crippen molar-refractivity contribution in [1.82, 2.24) is 15.5 Å². The van der Waals surface area contributed by atoms with Gasteiger partial charge in [-0.1, -0.05) is 6.92 Å². The van der Waals surface area contributed by atoms with Gasteiger partial charge in [0.15, 0.2) is 5.96 Å². The maximum atomic E-state index is 14.0. The third-order valence-corrected chi connectivity index (χ3v) is 5.10. The highest BCUT2D eigenvalue weighted by Crippen LogP contribution is 2.24. The molecule has 1 fully saturated rings. The maximum Gasteiger partial charge on any atom is 0.191 e. The lowest BCUT2D eigenvalue weighted by atomic mass is 10.2. The Morgan fingerprint density at radius 1 is 1.42 bits per heavy atom. The molecule has 2 rings (SSSR count). The number of rotatable bonds is 7. The van der Waals surface area contributed by atoms with Crippen LogP contribution in [0.15, 0.2) is 23.2 Å². The molecule has 0 aliphatic carbocycles. The van der Waals surface area contributed by atoms with E-state index < -0.39 is 11.6 Å². The average Bonchev–Trinajstić information content (AvgIpc) is 3.08. The van der Waals surface area contributed by atoms with Crippen molar-refractivity contribution in [2.45, 2.75) is 38.8 Å². The fraction of sp³-hybridized carbons (Fsp3) is 0.632. The van der Waals surface area contributed by atoms with E-state index in [1.165, 1.54) is 12.1 Å². The number of benzene rings is 1. The minimum atomic E-state index is -0.549. The first-order chi connectivity index (χ1) is 12.4. The van der Waals surface area contributed by atoms with Crippen LogP contribution in [0.25, 0.3) is 0 Å². The van der Waals surface area contributed by atoms with Crippen molar-refractivity contribution in [2.75, 3.05) is 45.2 Å². The van der Waals surface area contributed by atoms with Gasteiger partial charge in [-0.15, -0.1) is 0 Å². The predicted molar refractivity (Wildman–Crippen MR) is 104 cm³/mol. The highest BCUT2D eigenvalue weighted by molar-refractivity contribution is 5.80. The van der Waals surface area contributed by atoms with Gasteiger partial charge in [0.25, 0.3) is 0 Å². The molecule has 1 aliphatic heterocycles. The van der Waals surface area contributed by atoms with Gasteiger partial charge < -0.3 is 20.4 Å². The number of halogens is 2. The summed E-state index contributed by atoms with van der Waals surface area (Å²) in [7, 11) is 3.87. The quantitative estimate of drug-likeness (QED) is 0.574. The summed E-state index contributed by atoms with van der Waals surface area (Å²) in [6.07, 6.45) is 2.01. The predicted octanol–water partition coefficient (Wildman–Crippen LogP) is 2.44. The molecule has 0 saturated carbocycles. The molecule has 1 aromatic rings. The fourth-order valence-corrected chi connectivity index (χ4v) is 3.11. The summed E-state index contributed by atoms with van der Waals surface area (Å²) in [5.74, 6) is -0.303. The first kappa shape index (κ1) is 20.4. The standard InChI is InChI=1S/C19H31F2N5/c1-5-14(2)25(4)11-9-23-19(22-3)24-16-8-10-26(13-16)18-7-6-15(20)12-17(18)21/h6-7,12,14,16H,5,8-11,13H2,1-4H3,(H2,22,23,24). The van der Waals surface area contributed by atoms with E-state index in [4.69, 9.17) is 0 Å². The summed E-state index contributed by atoms with van der Waals surface area (Å²) in [6, 6.07) is 4.47. The van der Waals surface area contributed by atoms with Crippen LogP contribution in [0.2, 0.25) is 0 Å². The van der Waals surface area contributed by atoms with Crippen molar-refractivity contribution in [2.24, 2.45) is 4.99 Å². The number of aliphatic imine (C=N–C) groups is 1. The van der Waals surface area contributed by atoms with Gasteiger partial charge in [-0.3, -0.25) is 4.99 Å². The van der Waals surface area contributed by atoms with Crippen molar-refractivity contribution >= 4 is 11.6 Å². The molecule has 1 aliphatic rings. The second kappa shape index (κ2) is 9.71. The zero-order valence-electron chi connectivity index (χ0n) is 16.2. The van der Waals surface area contributed by atoms with E-state index in [9.17, 15) is 8.78 Å². The minimum Gasteiger partial charge on any atom is -0.367 e. The first-order valence-electron chi connectivity index (χ1n) is 9.32. The van der Waals surface area contributed by atoms with Gasteiger partial charge in [0, 0.05) is 51.4 Å². The summed E-state index contributed by atoms with van der Waals surface area (Å²) in [4.78, 5) is 8.53. The van der Waals surface area contributed by atoms with Gasteiger partial charge in [-0.2, -0.15) is 0 Å². The Morgan fingerprint density at radius 2 is 2.19 bits per heavy atom. The third kappa shape index (κ3) is 5.56. The lowest BCUT2D eigenvalue weighted by molar-refractivity contribution is 0.255. The molecule has 5 nitrogen and oxygen atoms in total. The second-order valence-electron chi connectivity index (χ2n) is 6.91. The maximum absolute atomic E-state index is 14.0. The van der Waals surface area contributed by atoms with E-state index in [-0.39, 0.29) is 6.04 Å². The molecule has 0 aromatic heterocycles. The van der Waals surface area contributed by atoms with Crippen LogP contribution in [0, 0.1) is 11.6 Å². The van der Waals surface area contributed by atoms with E-state index >= 15 is 0 Å². The molecule has 1 aromatic carbocycles. The SMILES string of the molecule is CCC(C)N(C)CCNC(=NC)NC1CCN(c2ccc(F)cc2F)C1. The van der Waals surface area contributed by atoms with E-state index in [2.05, 4.69) is 41.4 Å². The van der Waals surface area contributed by atoms with Crippen molar-refractivity contribution in [3.05, 3.63) is 29.8 Å². The highest BCUT2D eigenvalue weighted by atomic mass is 19.1. The van der Waals surface area contributed by atoms with Crippen molar-refractivity contribution in [3.8, 4) is 0 Å². The second-order valence-corrected chi connectivity index (χ2v) is 6.91. The molecule has 0 spiro atoms. The van der Waals surface area contributed by atoms with Gasteiger partial charge in [0.05, 0.1) is 5.69 Å². The molecule has 146 valence electrons. The number of hydrogen-bond donors (Lipinski definition) is 2. The first-order valence-corrected chi connectivity index (χ1v) is 9.32. The Kier molecular flexibility index (Phi) is 7.63. The largest absolute Gasteiger partial charge is 0.367 e. The van der Waals surface area contributed by atoms with Crippen LogP contribution >= 0.6 is 0 Å². The molecular formula is C19H31F2N5. The van der Waals surface area contributed by atoms with Crippen LogP contribution in [-0.2, 0) is 0 Å². The Hall–Kier alpha value is -1.89. The normalized spacial score (nSPS) is 19.1. The molecule has 7 heteroatoms. The van der Waals surface area contributed by atoms with Crippen LogP contribution in [0.5, 0.6) is 0 Å². The van der Waals surface area contributed by atoms with Crippen molar-refractivity contribution in [1.29, 1.82) is 0 Å². The van der Waals surface area contributed by atoms with Crippen LogP contribution in [0.3, 0.4) is 0 Å². The van der Waals surface area contributed by atoms with Gasteiger partial charge in [-0.05, 0) is 38.9 Å². The molecule has 0 amide bonds. The van der Waals surface area contributed by atoms with Crippen LogP contribution in [-0.4, -0.2) is 63.2 Å².